The van der Waals surface area contributed by atoms with Gasteiger partial charge in [-0.1, -0.05) is 0 Å². The van der Waals surface area contributed by atoms with Crippen LogP contribution >= 0.6 is 0 Å². The molecule has 1 aliphatic rings. The molecule has 1 aromatic rings. The van der Waals surface area contributed by atoms with Crippen molar-refractivity contribution in [1.82, 2.24) is 10.3 Å². The zero-order chi connectivity index (χ0) is 18.0. The Kier molecular flexibility index (Phi) is 5.37. The van der Waals surface area contributed by atoms with Crippen molar-refractivity contribution in [2.45, 2.75) is 51.4 Å². The molecule has 0 aromatic carbocycles. The van der Waals surface area contributed by atoms with Gasteiger partial charge in [-0.3, -0.25) is 9.88 Å². The zero-order valence-electron chi connectivity index (χ0n) is 14.0. The van der Waals surface area contributed by atoms with Gasteiger partial charge in [-0.25, -0.2) is 4.79 Å². The summed E-state index contributed by atoms with van der Waals surface area (Å²) >= 11 is 0. The lowest BCUT2D eigenvalue weighted by atomic mass is 10.0. The lowest BCUT2D eigenvalue weighted by Crippen LogP contribution is -2.48. The van der Waals surface area contributed by atoms with E-state index in [1.807, 2.05) is 0 Å². The first kappa shape index (κ1) is 18.5. The summed E-state index contributed by atoms with van der Waals surface area (Å²) in [6.07, 6.45) is -2.86. The number of carbonyl (C=O) groups excluding carboxylic acids is 1. The van der Waals surface area contributed by atoms with Crippen LogP contribution in [0.25, 0.3) is 0 Å². The van der Waals surface area contributed by atoms with E-state index >= 15 is 0 Å². The van der Waals surface area contributed by atoms with Crippen LogP contribution in [0.5, 0.6) is 0 Å². The number of hydrogen-bond donors (Lipinski definition) is 1. The molecule has 134 valence electrons. The first-order chi connectivity index (χ1) is 11.1. The number of nitrogens with one attached hydrogen (secondary N) is 1. The summed E-state index contributed by atoms with van der Waals surface area (Å²) < 4.78 is 44.2. The predicted octanol–water partition coefficient (Wildman–Crippen LogP) is 3.59. The molecule has 8 heteroatoms. The van der Waals surface area contributed by atoms with E-state index in [1.165, 1.54) is 11.0 Å². The van der Waals surface area contributed by atoms with Crippen molar-refractivity contribution in [3.63, 3.8) is 0 Å². The molecule has 1 aliphatic heterocycles. The maximum absolute atomic E-state index is 12.9. The summed E-state index contributed by atoms with van der Waals surface area (Å²) in [5, 5.41) is 3.17. The molecule has 0 bridgehead atoms. The van der Waals surface area contributed by atoms with Crippen LogP contribution in [0.3, 0.4) is 0 Å². The van der Waals surface area contributed by atoms with Crippen LogP contribution in [0.4, 0.5) is 23.7 Å². The number of alkyl halides is 3. The Labute approximate surface area is 139 Å². The number of amides is 1. The van der Waals surface area contributed by atoms with E-state index in [-0.39, 0.29) is 11.7 Å². The summed E-state index contributed by atoms with van der Waals surface area (Å²) in [6.45, 7) is 6.56. The molecule has 0 saturated carbocycles. The number of anilines is 1. The number of ether oxygens (including phenoxy) is 1. The van der Waals surface area contributed by atoms with Crippen LogP contribution in [-0.2, 0) is 10.9 Å². The molecule has 1 amide bonds. The molecule has 5 nitrogen and oxygen atoms in total. The summed E-state index contributed by atoms with van der Waals surface area (Å²) in [5.74, 6) is 0. The third-order valence-corrected chi connectivity index (χ3v) is 3.58. The zero-order valence-corrected chi connectivity index (χ0v) is 14.0. The maximum atomic E-state index is 12.9. The Morgan fingerprint density at radius 2 is 1.92 bits per heavy atom. The molecule has 24 heavy (non-hydrogen) atoms. The molecule has 1 N–H and O–H groups in total. The Hall–Kier alpha value is -1.83. The third-order valence-electron chi connectivity index (χ3n) is 3.58. The van der Waals surface area contributed by atoms with Crippen LogP contribution in [0.1, 0.15) is 39.3 Å². The van der Waals surface area contributed by atoms with Crippen molar-refractivity contribution >= 4 is 11.8 Å². The summed E-state index contributed by atoms with van der Waals surface area (Å²) in [7, 11) is 0. The van der Waals surface area contributed by atoms with E-state index in [9.17, 15) is 18.0 Å². The molecule has 1 aromatic heterocycles. The van der Waals surface area contributed by atoms with Crippen LogP contribution in [0.2, 0.25) is 0 Å². The van der Waals surface area contributed by atoms with Crippen LogP contribution in [0.15, 0.2) is 18.3 Å². The first-order valence-corrected chi connectivity index (χ1v) is 7.84. The summed E-state index contributed by atoms with van der Waals surface area (Å²) in [5.41, 5.74) is -1.61. The van der Waals surface area contributed by atoms with Crippen LogP contribution in [0, 0.1) is 0 Å². The molecule has 0 spiro atoms. The van der Waals surface area contributed by atoms with Crippen molar-refractivity contribution in [1.29, 1.82) is 0 Å². The fourth-order valence-electron chi connectivity index (χ4n) is 2.57. The van der Waals surface area contributed by atoms with Crippen molar-refractivity contribution in [3.8, 4) is 0 Å². The highest BCUT2D eigenvalue weighted by Crippen LogP contribution is 2.32. The highest BCUT2D eigenvalue weighted by molar-refractivity contribution is 5.88. The van der Waals surface area contributed by atoms with E-state index in [4.69, 9.17) is 4.74 Å². The minimum atomic E-state index is -4.57. The molecular weight excluding hydrogens is 323 g/mol. The molecule has 2 heterocycles. The average Bonchev–Trinajstić information content (AvgIpc) is 2.46. The van der Waals surface area contributed by atoms with Crippen LogP contribution < -0.4 is 10.2 Å². The second-order valence-corrected chi connectivity index (χ2v) is 6.73. The average molecular weight is 345 g/mol. The Morgan fingerprint density at radius 3 is 2.46 bits per heavy atom. The number of hydrogen-bond acceptors (Lipinski definition) is 4. The predicted molar refractivity (Wildman–Crippen MR) is 83.8 cm³/mol. The maximum Gasteiger partial charge on any atom is 0.433 e. The van der Waals surface area contributed by atoms with Crippen molar-refractivity contribution in [2.75, 3.05) is 18.0 Å². The number of nitrogens with zero attached hydrogens (tertiary/aromatic N) is 2. The molecule has 0 radical (unpaired) electrons. The first-order valence-electron chi connectivity index (χ1n) is 7.84. The summed E-state index contributed by atoms with van der Waals surface area (Å²) in [4.78, 5) is 17.3. The number of piperidine rings is 1. The topological polar surface area (TPSA) is 54.5 Å². The number of aromatic nitrogens is 1. The molecule has 1 fully saturated rings. The van der Waals surface area contributed by atoms with Crippen molar-refractivity contribution in [3.05, 3.63) is 24.0 Å². The van der Waals surface area contributed by atoms with E-state index < -0.39 is 23.6 Å². The van der Waals surface area contributed by atoms with Crippen LogP contribution in [-0.4, -0.2) is 35.8 Å². The molecule has 0 unspecified atom stereocenters. The van der Waals surface area contributed by atoms with Gasteiger partial charge >= 0.3 is 12.3 Å². The fourth-order valence-corrected chi connectivity index (χ4v) is 2.57. The molecular formula is C16H22F3N3O2. The number of rotatable bonds is 2. The normalized spacial score (nSPS) is 16.8. The van der Waals surface area contributed by atoms with E-state index in [1.54, 1.807) is 20.8 Å². The number of halogens is 3. The largest absolute Gasteiger partial charge is 0.443 e. The highest BCUT2D eigenvalue weighted by Gasteiger charge is 2.35. The van der Waals surface area contributed by atoms with E-state index in [0.717, 1.165) is 12.3 Å². The second-order valence-electron chi connectivity index (χ2n) is 6.73. The lowest BCUT2D eigenvalue weighted by Gasteiger charge is -2.35. The van der Waals surface area contributed by atoms with E-state index in [0.29, 0.717) is 25.9 Å². The lowest BCUT2D eigenvalue weighted by molar-refractivity contribution is -0.141. The van der Waals surface area contributed by atoms with Gasteiger partial charge in [0.2, 0.25) is 0 Å². The quantitative estimate of drug-likeness (QED) is 0.890. The van der Waals surface area contributed by atoms with Gasteiger partial charge in [0, 0.05) is 12.2 Å². The molecule has 2 rings (SSSR count). The SMILES string of the molecule is CC(C)(C)OC(=O)N(c1ccnc(C(F)(F)F)c1)C1CCNCC1. The molecule has 0 aliphatic carbocycles. The Morgan fingerprint density at radius 1 is 1.29 bits per heavy atom. The van der Waals surface area contributed by atoms with Crippen molar-refractivity contribution < 1.29 is 22.7 Å². The minimum Gasteiger partial charge on any atom is -0.443 e. The molecule has 1 saturated heterocycles. The highest BCUT2D eigenvalue weighted by atomic mass is 19.4. The third kappa shape index (κ3) is 4.83. The number of pyridine rings is 1. The van der Waals surface area contributed by atoms with Gasteiger partial charge < -0.3 is 10.1 Å². The van der Waals surface area contributed by atoms with Gasteiger partial charge in [0.25, 0.3) is 0 Å². The van der Waals surface area contributed by atoms with Crippen molar-refractivity contribution in [2.24, 2.45) is 0 Å². The van der Waals surface area contributed by atoms with Gasteiger partial charge in [-0.15, -0.1) is 0 Å². The minimum absolute atomic E-state index is 0.151. The van der Waals surface area contributed by atoms with Gasteiger partial charge in [0.1, 0.15) is 11.3 Å². The van der Waals surface area contributed by atoms with Gasteiger partial charge in [-0.05, 0) is 58.8 Å². The fraction of sp³-hybridized carbons (Fsp3) is 0.625. The summed E-state index contributed by atoms with van der Waals surface area (Å²) in [6, 6.07) is 2.08. The Bertz CT molecular complexity index is 579. The van der Waals surface area contributed by atoms with Gasteiger partial charge in [-0.2, -0.15) is 13.2 Å². The Balaban J connectivity index is 2.36. The monoisotopic (exact) mass is 345 g/mol. The second kappa shape index (κ2) is 6.96. The van der Waals surface area contributed by atoms with Gasteiger partial charge in [0.15, 0.2) is 0 Å². The smallest absolute Gasteiger partial charge is 0.433 e. The molecule has 0 atom stereocenters. The standard InChI is InChI=1S/C16H22F3N3O2/c1-15(2,3)24-14(23)22(11-4-7-20-8-5-11)12-6-9-21-13(10-12)16(17,18)19/h6,9-11,20H,4-5,7-8H2,1-3H3. The van der Waals surface area contributed by atoms with Gasteiger partial charge in [0.05, 0.1) is 5.69 Å². The number of carbonyl (C=O) groups is 1. The van der Waals surface area contributed by atoms with E-state index in [2.05, 4.69) is 10.3 Å².